The zero-order valence-corrected chi connectivity index (χ0v) is 13.5. The molecule has 1 atom stereocenters. The summed E-state index contributed by atoms with van der Waals surface area (Å²) in [5, 5.41) is 15.2. The zero-order valence-electron chi connectivity index (χ0n) is 10.4. The van der Waals surface area contributed by atoms with Crippen molar-refractivity contribution in [3.8, 4) is 0 Å². The highest BCUT2D eigenvalue weighted by atomic mass is 79.9. The van der Waals surface area contributed by atoms with E-state index < -0.39 is 6.10 Å². The Morgan fingerprint density at radius 3 is 2.67 bits per heavy atom. The first kappa shape index (κ1) is 14.1. The van der Waals surface area contributed by atoms with E-state index >= 15 is 0 Å². The molecule has 0 bridgehead atoms. The molecule has 18 heavy (non-hydrogen) atoms. The van der Waals surface area contributed by atoms with Crippen molar-refractivity contribution in [3.05, 3.63) is 36.7 Å². The molecule has 0 saturated carbocycles. The van der Waals surface area contributed by atoms with Gasteiger partial charge in [-0.3, -0.25) is 4.68 Å². The molecule has 1 N–H and O–H groups in total. The third-order valence-corrected chi connectivity index (χ3v) is 5.58. The highest BCUT2D eigenvalue weighted by Gasteiger charge is 2.18. The predicted octanol–water partition coefficient (Wildman–Crippen LogP) is 3.79. The fourth-order valence-corrected chi connectivity index (χ4v) is 3.62. The quantitative estimate of drug-likeness (QED) is 0.915. The van der Waals surface area contributed by atoms with Crippen molar-refractivity contribution in [1.29, 1.82) is 0 Å². The van der Waals surface area contributed by atoms with Crippen molar-refractivity contribution in [1.82, 2.24) is 9.78 Å². The van der Waals surface area contributed by atoms with E-state index in [1.165, 1.54) is 0 Å². The van der Waals surface area contributed by atoms with Gasteiger partial charge in [0.05, 0.1) is 22.5 Å². The molecule has 0 aliphatic carbocycles. The molecule has 6 heteroatoms. The van der Waals surface area contributed by atoms with Crippen LogP contribution in [0.1, 0.15) is 27.2 Å². The van der Waals surface area contributed by atoms with Gasteiger partial charge in [-0.25, -0.2) is 0 Å². The van der Waals surface area contributed by atoms with Crippen LogP contribution < -0.4 is 0 Å². The summed E-state index contributed by atoms with van der Waals surface area (Å²) in [5.41, 5.74) is 1.66. The van der Waals surface area contributed by atoms with E-state index in [0.29, 0.717) is 11.4 Å². The van der Waals surface area contributed by atoms with E-state index in [2.05, 4.69) is 21.0 Å². The molecule has 0 aliphatic rings. The van der Waals surface area contributed by atoms with Crippen LogP contribution in [0.3, 0.4) is 0 Å². The number of aliphatic hydroxyl groups is 1. The number of rotatable bonds is 3. The summed E-state index contributed by atoms with van der Waals surface area (Å²) in [6.45, 7) is 3.89. The molecule has 3 nitrogen and oxygen atoms in total. The van der Waals surface area contributed by atoms with Gasteiger partial charge in [-0.05, 0) is 35.8 Å². The molecule has 2 heterocycles. The van der Waals surface area contributed by atoms with E-state index in [1.807, 2.05) is 27.0 Å². The number of aryl methyl sites for hydroxylation is 3. The van der Waals surface area contributed by atoms with Gasteiger partial charge in [-0.2, -0.15) is 5.10 Å². The number of aliphatic hydroxyl groups excluding tert-OH is 1. The maximum Gasteiger partial charge on any atom is 0.0938 e. The van der Waals surface area contributed by atoms with Crippen molar-refractivity contribution in [2.75, 3.05) is 0 Å². The lowest BCUT2D eigenvalue weighted by molar-refractivity contribution is 0.179. The Balaban J connectivity index is 2.23. The summed E-state index contributed by atoms with van der Waals surface area (Å²) in [7, 11) is 1.84. The maximum atomic E-state index is 10.3. The average Bonchev–Trinajstić information content (AvgIpc) is 2.75. The normalized spacial score (nSPS) is 13.0. The number of halogens is 2. The summed E-state index contributed by atoms with van der Waals surface area (Å²) in [5.74, 6) is 0. The lowest BCUT2D eigenvalue weighted by Gasteiger charge is -2.09. The Labute approximate surface area is 124 Å². The van der Waals surface area contributed by atoms with Crippen LogP contribution in [0, 0.1) is 13.8 Å². The molecule has 98 valence electrons. The van der Waals surface area contributed by atoms with E-state index in [4.69, 9.17) is 11.6 Å². The number of nitrogens with zero attached hydrogens (tertiary/aromatic N) is 2. The maximum absolute atomic E-state index is 10.3. The van der Waals surface area contributed by atoms with Gasteiger partial charge in [0.25, 0.3) is 0 Å². The number of hydrogen-bond donors (Lipinski definition) is 1. The van der Waals surface area contributed by atoms with Gasteiger partial charge in [0.1, 0.15) is 0 Å². The van der Waals surface area contributed by atoms with E-state index in [9.17, 15) is 5.11 Å². The van der Waals surface area contributed by atoms with Crippen LogP contribution in [0.15, 0.2) is 10.5 Å². The Kier molecular flexibility index (Phi) is 4.16. The molecule has 0 fully saturated rings. The summed E-state index contributed by atoms with van der Waals surface area (Å²) in [4.78, 5) is 2.10. The fourth-order valence-electron chi connectivity index (χ4n) is 1.83. The first-order valence-corrected chi connectivity index (χ1v) is 7.50. The zero-order chi connectivity index (χ0) is 13.4. The third kappa shape index (κ3) is 2.64. The molecule has 0 amide bonds. The Hall–Kier alpha value is -0.360. The molecular weight excluding hydrogens is 336 g/mol. The summed E-state index contributed by atoms with van der Waals surface area (Å²) in [6, 6.07) is 1.96. The van der Waals surface area contributed by atoms with Crippen LogP contribution in [-0.4, -0.2) is 14.9 Å². The molecular formula is C12H14BrClN2OS. The molecule has 0 saturated heterocycles. The average molecular weight is 350 g/mol. The number of hydrogen-bond acceptors (Lipinski definition) is 3. The molecule has 1 unspecified atom stereocenters. The van der Waals surface area contributed by atoms with Gasteiger partial charge in [0.15, 0.2) is 0 Å². The minimum Gasteiger partial charge on any atom is -0.387 e. The standard InChI is InChI=1S/C12H14BrClN2OS/c1-6-12(14)9(16(3)15-6)5-10(17)11-4-8(13)7(2)18-11/h4,10,17H,5H2,1-3H3. The van der Waals surface area contributed by atoms with E-state index in [0.717, 1.165) is 25.6 Å². The second-order valence-electron chi connectivity index (χ2n) is 4.24. The van der Waals surface area contributed by atoms with Crippen LogP contribution in [0.4, 0.5) is 0 Å². The highest BCUT2D eigenvalue weighted by Crippen LogP contribution is 2.33. The third-order valence-electron chi connectivity index (χ3n) is 2.85. The lowest BCUT2D eigenvalue weighted by Crippen LogP contribution is -2.05. The van der Waals surface area contributed by atoms with Crippen LogP contribution in [0.25, 0.3) is 0 Å². The minimum absolute atomic E-state index is 0.475. The molecule has 0 aliphatic heterocycles. The SMILES string of the molecule is Cc1nn(C)c(CC(O)c2cc(Br)c(C)s2)c1Cl. The van der Waals surface area contributed by atoms with Gasteiger partial charge in [0.2, 0.25) is 0 Å². The molecule has 0 aromatic carbocycles. The summed E-state index contributed by atoms with van der Waals surface area (Å²) < 4.78 is 2.77. The van der Waals surface area contributed by atoms with Gasteiger partial charge < -0.3 is 5.11 Å². The van der Waals surface area contributed by atoms with Crippen molar-refractivity contribution in [2.24, 2.45) is 7.05 Å². The Morgan fingerprint density at radius 2 is 2.22 bits per heavy atom. The molecule has 2 aromatic rings. The second kappa shape index (κ2) is 5.33. The van der Waals surface area contributed by atoms with Gasteiger partial charge in [-0.15, -0.1) is 11.3 Å². The Bertz CT molecular complexity index is 559. The monoisotopic (exact) mass is 348 g/mol. The summed E-state index contributed by atoms with van der Waals surface area (Å²) >= 11 is 11.2. The summed E-state index contributed by atoms with van der Waals surface area (Å²) in [6.07, 6.45) is -0.0740. The van der Waals surface area contributed by atoms with Gasteiger partial charge >= 0.3 is 0 Å². The van der Waals surface area contributed by atoms with Crippen molar-refractivity contribution in [2.45, 2.75) is 26.4 Å². The van der Waals surface area contributed by atoms with Crippen LogP contribution in [0.5, 0.6) is 0 Å². The largest absolute Gasteiger partial charge is 0.387 e. The predicted molar refractivity (Wildman–Crippen MR) is 78.4 cm³/mol. The number of aromatic nitrogens is 2. The number of thiophene rings is 1. The first-order chi connectivity index (χ1) is 8.40. The van der Waals surface area contributed by atoms with E-state index in [1.54, 1.807) is 16.0 Å². The Morgan fingerprint density at radius 1 is 1.56 bits per heavy atom. The van der Waals surface area contributed by atoms with E-state index in [-0.39, 0.29) is 0 Å². The first-order valence-electron chi connectivity index (χ1n) is 5.52. The molecule has 0 radical (unpaired) electrons. The smallest absolute Gasteiger partial charge is 0.0938 e. The van der Waals surface area contributed by atoms with Crippen molar-refractivity contribution < 1.29 is 5.11 Å². The van der Waals surface area contributed by atoms with Crippen LogP contribution in [0.2, 0.25) is 5.02 Å². The molecule has 2 aromatic heterocycles. The molecule has 2 rings (SSSR count). The van der Waals surface area contributed by atoms with Gasteiger partial charge in [-0.1, -0.05) is 11.6 Å². The van der Waals surface area contributed by atoms with Crippen molar-refractivity contribution in [3.63, 3.8) is 0 Å². The van der Waals surface area contributed by atoms with Crippen LogP contribution in [-0.2, 0) is 13.5 Å². The molecule has 0 spiro atoms. The second-order valence-corrected chi connectivity index (χ2v) is 6.76. The topological polar surface area (TPSA) is 38.0 Å². The van der Waals surface area contributed by atoms with Crippen LogP contribution >= 0.6 is 38.9 Å². The highest BCUT2D eigenvalue weighted by molar-refractivity contribution is 9.10. The minimum atomic E-state index is -0.549. The fraction of sp³-hybridized carbons (Fsp3) is 0.417. The van der Waals surface area contributed by atoms with Crippen molar-refractivity contribution >= 4 is 38.9 Å². The van der Waals surface area contributed by atoms with Gasteiger partial charge in [0, 0.05) is 27.7 Å². The lowest BCUT2D eigenvalue weighted by atomic mass is 10.1.